The molecule has 2 fully saturated rings. The maximum absolute atomic E-state index is 11.9. The van der Waals surface area contributed by atoms with Crippen molar-refractivity contribution in [2.75, 3.05) is 13.1 Å². The topological polar surface area (TPSA) is 46.6 Å². The fourth-order valence-electron chi connectivity index (χ4n) is 3.11. The van der Waals surface area contributed by atoms with Crippen LogP contribution in [-0.2, 0) is 20.9 Å². The second-order valence-corrected chi connectivity index (χ2v) is 5.52. The van der Waals surface area contributed by atoms with E-state index in [9.17, 15) is 9.59 Å². The average molecular weight is 259 g/mol. The molecule has 0 aromatic heterocycles. The van der Waals surface area contributed by atoms with Gasteiger partial charge in [0.15, 0.2) is 0 Å². The first-order chi connectivity index (χ1) is 9.18. The molecule has 2 aliphatic heterocycles. The van der Waals surface area contributed by atoms with Crippen LogP contribution in [0.15, 0.2) is 30.3 Å². The number of cyclic esters (lactones) is 2. The van der Waals surface area contributed by atoms with Gasteiger partial charge in [-0.15, -0.1) is 0 Å². The monoisotopic (exact) mass is 259 g/mol. The minimum atomic E-state index is -0.579. The lowest BCUT2D eigenvalue weighted by Gasteiger charge is -2.36. The van der Waals surface area contributed by atoms with Crippen molar-refractivity contribution in [3.8, 4) is 0 Å². The Labute approximate surface area is 112 Å². The first-order valence-corrected chi connectivity index (χ1v) is 6.69. The van der Waals surface area contributed by atoms with Crippen LogP contribution in [0, 0.1) is 5.41 Å². The van der Waals surface area contributed by atoms with E-state index in [2.05, 4.69) is 17.0 Å². The third-order valence-corrected chi connectivity index (χ3v) is 4.03. The third kappa shape index (κ3) is 2.40. The van der Waals surface area contributed by atoms with Crippen LogP contribution in [0.1, 0.15) is 24.8 Å². The van der Waals surface area contributed by atoms with Crippen molar-refractivity contribution in [2.45, 2.75) is 25.8 Å². The lowest BCUT2D eigenvalue weighted by Crippen LogP contribution is -2.45. The van der Waals surface area contributed by atoms with Crippen molar-refractivity contribution < 1.29 is 14.3 Å². The van der Waals surface area contributed by atoms with Gasteiger partial charge in [0.25, 0.3) is 0 Å². The summed E-state index contributed by atoms with van der Waals surface area (Å²) < 4.78 is 4.75. The molecule has 4 nitrogen and oxygen atoms in total. The standard InChI is InChI=1S/C15H17NO3/c17-13-9-15(14(18)19-13)7-4-8-16(11-15)10-12-5-2-1-3-6-12/h1-3,5-6H,4,7-11H2. The molecular weight excluding hydrogens is 242 g/mol. The number of hydrogen-bond acceptors (Lipinski definition) is 4. The number of carbonyl (C=O) groups excluding carboxylic acids is 2. The normalized spacial score (nSPS) is 27.8. The van der Waals surface area contributed by atoms with E-state index in [1.807, 2.05) is 18.2 Å². The number of rotatable bonds is 2. The molecule has 3 rings (SSSR count). The number of nitrogens with zero attached hydrogens (tertiary/aromatic N) is 1. The van der Waals surface area contributed by atoms with Gasteiger partial charge in [-0.25, -0.2) is 0 Å². The van der Waals surface area contributed by atoms with Gasteiger partial charge in [0.05, 0.1) is 11.8 Å². The Balaban J connectivity index is 1.72. The van der Waals surface area contributed by atoms with E-state index in [1.165, 1.54) is 5.56 Å². The van der Waals surface area contributed by atoms with E-state index < -0.39 is 5.41 Å². The Hall–Kier alpha value is -1.68. The maximum atomic E-state index is 11.9. The molecule has 0 aliphatic carbocycles. The first kappa shape index (κ1) is 12.4. The van der Waals surface area contributed by atoms with Crippen molar-refractivity contribution in [2.24, 2.45) is 5.41 Å². The molecule has 1 aromatic rings. The summed E-state index contributed by atoms with van der Waals surface area (Å²) in [5, 5.41) is 0. The third-order valence-electron chi connectivity index (χ3n) is 4.03. The first-order valence-electron chi connectivity index (χ1n) is 6.69. The number of ether oxygens (including phenoxy) is 1. The van der Waals surface area contributed by atoms with Crippen LogP contribution in [0.25, 0.3) is 0 Å². The number of carbonyl (C=O) groups is 2. The zero-order valence-electron chi connectivity index (χ0n) is 10.8. The second-order valence-electron chi connectivity index (χ2n) is 5.52. The van der Waals surface area contributed by atoms with Gasteiger partial charge >= 0.3 is 11.9 Å². The lowest BCUT2D eigenvalue weighted by atomic mass is 9.78. The number of piperidine rings is 1. The Morgan fingerprint density at radius 1 is 1.21 bits per heavy atom. The van der Waals surface area contributed by atoms with Crippen LogP contribution >= 0.6 is 0 Å². The summed E-state index contributed by atoms with van der Waals surface area (Å²) >= 11 is 0. The van der Waals surface area contributed by atoms with Crippen molar-refractivity contribution >= 4 is 11.9 Å². The van der Waals surface area contributed by atoms with Crippen LogP contribution in [0.2, 0.25) is 0 Å². The highest BCUT2D eigenvalue weighted by Gasteiger charge is 2.51. The highest BCUT2D eigenvalue weighted by atomic mass is 16.6. The van der Waals surface area contributed by atoms with E-state index in [0.717, 1.165) is 25.9 Å². The molecule has 100 valence electrons. The molecule has 2 saturated heterocycles. The molecule has 19 heavy (non-hydrogen) atoms. The Kier molecular flexibility index (Phi) is 3.11. The van der Waals surface area contributed by atoms with Gasteiger partial charge in [0, 0.05) is 13.1 Å². The Morgan fingerprint density at radius 2 is 2.00 bits per heavy atom. The SMILES string of the molecule is O=C1CC2(CCCN(Cc3ccccc3)C2)C(=O)O1. The summed E-state index contributed by atoms with van der Waals surface area (Å²) in [7, 11) is 0. The van der Waals surface area contributed by atoms with E-state index in [4.69, 9.17) is 4.74 Å². The zero-order valence-corrected chi connectivity index (χ0v) is 10.8. The summed E-state index contributed by atoms with van der Waals surface area (Å²) in [6.07, 6.45) is 1.95. The van der Waals surface area contributed by atoms with Crippen LogP contribution < -0.4 is 0 Å². The molecule has 1 unspecified atom stereocenters. The second kappa shape index (κ2) is 4.78. The van der Waals surface area contributed by atoms with Crippen LogP contribution in [0.3, 0.4) is 0 Å². The molecule has 0 bridgehead atoms. The van der Waals surface area contributed by atoms with Gasteiger partial charge in [-0.1, -0.05) is 30.3 Å². The van der Waals surface area contributed by atoms with Gasteiger partial charge in [0.2, 0.25) is 0 Å². The van der Waals surface area contributed by atoms with Gasteiger partial charge < -0.3 is 4.74 Å². The number of benzene rings is 1. The average Bonchev–Trinajstić information content (AvgIpc) is 2.65. The predicted octanol–water partition coefficient (Wildman–Crippen LogP) is 1.74. The molecule has 0 N–H and O–H groups in total. The predicted molar refractivity (Wildman–Crippen MR) is 69.1 cm³/mol. The highest BCUT2D eigenvalue weighted by Crippen LogP contribution is 2.39. The smallest absolute Gasteiger partial charge is 0.321 e. The highest BCUT2D eigenvalue weighted by molar-refractivity contribution is 5.97. The van der Waals surface area contributed by atoms with E-state index >= 15 is 0 Å². The molecular formula is C15H17NO3. The van der Waals surface area contributed by atoms with E-state index in [1.54, 1.807) is 0 Å². The zero-order chi connectivity index (χ0) is 13.3. The molecule has 4 heteroatoms. The molecule has 1 atom stereocenters. The van der Waals surface area contributed by atoms with Crippen LogP contribution in [-0.4, -0.2) is 29.9 Å². The largest absolute Gasteiger partial charge is 0.393 e. The Bertz CT molecular complexity index is 499. The summed E-state index contributed by atoms with van der Waals surface area (Å²) in [6, 6.07) is 10.2. The fraction of sp³-hybridized carbons (Fsp3) is 0.467. The minimum absolute atomic E-state index is 0.247. The van der Waals surface area contributed by atoms with Gasteiger partial charge in [0.1, 0.15) is 0 Å². The molecule has 0 radical (unpaired) electrons. The minimum Gasteiger partial charge on any atom is -0.393 e. The lowest BCUT2D eigenvalue weighted by molar-refractivity contribution is -0.156. The molecule has 0 saturated carbocycles. The van der Waals surface area contributed by atoms with Gasteiger partial charge in [-0.05, 0) is 24.9 Å². The summed E-state index contributed by atoms with van der Waals surface area (Å²) in [5.74, 6) is -0.693. The molecule has 2 aliphatic rings. The summed E-state index contributed by atoms with van der Waals surface area (Å²) in [4.78, 5) is 25.5. The van der Waals surface area contributed by atoms with Crippen molar-refractivity contribution in [1.82, 2.24) is 4.90 Å². The van der Waals surface area contributed by atoms with Crippen molar-refractivity contribution in [1.29, 1.82) is 0 Å². The van der Waals surface area contributed by atoms with Crippen LogP contribution in [0.4, 0.5) is 0 Å². The summed E-state index contributed by atoms with van der Waals surface area (Å²) in [5.41, 5.74) is 0.654. The van der Waals surface area contributed by atoms with Crippen LogP contribution in [0.5, 0.6) is 0 Å². The number of esters is 2. The fourth-order valence-corrected chi connectivity index (χ4v) is 3.11. The van der Waals surface area contributed by atoms with E-state index in [0.29, 0.717) is 6.54 Å². The number of hydrogen-bond donors (Lipinski definition) is 0. The molecule has 0 amide bonds. The van der Waals surface area contributed by atoms with Gasteiger partial charge in [-0.3, -0.25) is 14.5 Å². The summed E-state index contributed by atoms with van der Waals surface area (Å²) in [6.45, 7) is 2.43. The number of likely N-dealkylation sites (tertiary alicyclic amines) is 1. The maximum Gasteiger partial charge on any atom is 0.321 e. The van der Waals surface area contributed by atoms with Gasteiger partial charge in [-0.2, -0.15) is 0 Å². The van der Waals surface area contributed by atoms with E-state index in [-0.39, 0.29) is 18.4 Å². The molecule has 1 aromatic carbocycles. The Morgan fingerprint density at radius 3 is 2.68 bits per heavy atom. The van der Waals surface area contributed by atoms with Crippen molar-refractivity contribution in [3.63, 3.8) is 0 Å². The quantitative estimate of drug-likeness (QED) is 0.599. The molecule has 2 heterocycles. The molecule has 1 spiro atoms. The van der Waals surface area contributed by atoms with Crippen molar-refractivity contribution in [3.05, 3.63) is 35.9 Å².